The van der Waals surface area contributed by atoms with Crippen LogP contribution in [0.4, 0.5) is 5.69 Å². The molecule has 3 nitrogen and oxygen atoms in total. The second kappa shape index (κ2) is 5.66. The van der Waals surface area contributed by atoms with Gasteiger partial charge in [-0.2, -0.15) is 0 Å². The summed E-state index contributed by atoms with van der Waals surface area (Å²) < 4.78 is 1.18. The Morgan fingerprint density at radius 2 is 1.95 bits per heavy atom. The second-order valence-corrected chi connectivity index (χ2v) is 6.18. The van der Waals surface area contributed by atoms with Crippen LogP contribution >= 0.6 is 11.3 Å². The minimum atomic E-state index is 0.296. The molecule has 3 rings (SSSR count). The van der Waals surface area contributed by atoms with Crippen LogP contribution in [-0.4, -0.2) is 10.8 Å². The van der Waals surface area contributed by atoms with Crippen LogP contribution in [0, 0.1) is 5.41 Å². The van der Waals surface area contributed by atoms with Gasteiger partial charge in [0.1, 0.15) is 5.01 Å². The molecular weight excluding hydrogens is 278 g/mol. The van der Waals surface area contributed by atoms with Crippen molar-refractivity contribution in [2.45, 2.75) is 19.8 Å². The van der Waals surface area contributed by atoms with Crippen LogP contribution in [0.2, 0.25) is 0 Å². The van der Waals surface area contributed by atoms with E-state index < -0.39 is 0 Å². The van der Waals surface area contributed by atoms with E-state index in [1.807, 2.05) is 18.2 Å². The summed E-state index contributed by atoms with van der Waals surface area (Å²) in [6.07, 6.45) is 0. The lowest BCUT2D eigenvalue weighted by Crippen LogP contribution is -2.04. The molecule has 1 heterocycles. The van der Waals surface area contributed by atoms with Crippen molar-refractivity contribution in [3.8, 4) is 0 Å². The zero-order chi connectivity index (χ0) is 14.8. The molecule has 0 saturated carbocycles. The summed E-state index contributed by atoms with van der Waals surface area (Å²) in [5.74, 6) is 0.729. The van der Waals surface area contributed by atoms with Gasteiger partial charge >= 0.3 is 0 Å². The molecule has 0 radical (unpaired) electrons. The minimum Gasteiger partial charge on any atom is -0.344 e. The number of benzene rings is 2. The van der Waals surface area contributed by atoms with Crippen molar-refractivity contribution in [3.63, 3.8) is 0 Å². The van der Waals surface area contributed by atoms with Gasteiger partial charge in [0.15, 0.2) is 0 Å². The molecule has 2 N–H and O–H groups in total. The van der Waals surface area contributed by atoms with Crippen molar-refractivity contribution in [2.24, 2.45) is 0 Å². The van der Waals surface area contributed by atoms with Gasteiger partial charge in [-0.3, -0.25) is 5.41 Å². The third-order valence-corrected chi connectivity index (χ3v) is 4.63. The van der Waals surface area contributed by atoms with Crippen LogP contribution in [0.15, 0.2) is 48.5 Å². The van der Waals surface area contributed by atoms with E-state index >= 15 is 0 Å². The van der Waals surface area contributed by atoms with E-state index in [0.717, 1.165) is 16.2 Å². The van der Waals surface area contributed by atoms with Crippen LogP contribution < -0.4 is 5.32 Å². The van der Waals surface area contributed by atoms with Gasteiger partial charge in [-0.05, 0) is 30.7 Å². The molecule has 3 aromatic rings. The molecule has 0 aliphatic carbocycles. The van der Waals surface area contributed by atoms with Gasteiger partial charge in [-0.15, -0.1) is 11.3 Å². The highest BCUT2D eigenvalue weighted by Gasteiger charge is 2.13. The number of amidine groups is 1. The van der Waals surface area contributed by atoms with Crippen molar-refractivity contribution in [1.82, 2.24) is 4.98 Å². The second-order valence-electron chi connectivity index (χ2n) is 5.12. The molecule has 21 heavy (non-hydrogen) atoms. The highest BCUT2D eigenvalue weighted by atomic mass is 32.1. The molecule has 1 atom stereocenters. The zero-order valence-electron chi connectivity index (χ0n) is 12.1. The van der Waals surface area contributed by atoms with Gasteiger partial charge in [0.25, 0.3) is 0 Å². The third-order valence-electron chi connectivity index (χ3n) is 3.41. The lowest BCUT2D eigenvalue weighted by atomic mass is 10.0. The smallest absolute Gasteiger partial charge is 0.101 e. The normalized spacial score (nSPS) is 12.3. The number of aromatic nitrogens is 1. The fourth-order valence-corrected chi connectivity index (χ4v) is 3.34. The molecule has 0 amide bonds. The van der Waals surface area contributed by atoms with Crippen LogP contribution in [0.5, 0.6) is 0 Å². The average Bonchev–Trinajstić information content (AvgIpc) is 2.90. The van der Waals surface area contributed by atoms with Crippen LogP contribution in [0.25, 0.3) is 10.2 Å². The molecule has 4 heteroatoms. The first-order chi connectivity index (χ1) is 10.1. The Kier molecular flexibility index (Phi) is 3.71. The van der Waals surface area contributed by atoms with E-state index in [2.05, 4.69) is 42.6 Å². The Balaban J connectivity index is 1.95. The van der Waals surface area contributed by atoms with Crippen molar-refractivity contribution in [3.05, 3.63) is 59.1 Å². The highest BCUT2D eigenvalue weighted by molar-refractivity contribution is 7.18. The van der Waals surface area contributed by atoms with Gasteiger partial charge in [0.2, 0.25) is 0 Å². The summed E-state index contributed by atoms with van der Waals surface area (Å²) in [6, 6.07) is 16.5. The molecule has 0 bridgehead atoms. The first kappa shape index (κ1) is 13.8. The van der Waals surface area contributed by atoms with E-state index in [9.17, 15) is 0 Å². The Hall–Kier alpha value is -2.20. The quantitative estimate of drug-likeness (QED) is 0.535. The number of fused-ring (bicyclic) bond motifs is 1. The monoisotopic (exact) mass is 295 g/mol. The summed E-state index contributed by atoms with van der Waals surface area (Å²) in [5.41, 5.74) is 3.19. The van der Waals surface area contributed by atoms with Crippen molar-refractivity contribution in [2.75, 3.05) is 5.32 Å². The molecular formula is C17H17N3S. The van der Waals surface area contributed by atoms with Gasteiger partial charge in [-0.25, -0.2) is 4.98 Å². The summed E-state index contributed by atoms with van der Waals surface area (Å²) in [6.45, 7) is 3.92. The molecule has 0 fully saturated rings. The Morgan fingerprint density at radius 3 is 2.67 bits per heavy atom. The van der Waals surface area contributed by atoms with Crippen LogP contribution in [0.1, 0.15) is 30.3 Å². The van der Waals surface area contributed by atoms with Crippen molar-refractivity contribution in [1.29, 1.82) is 5.41 Å². The molecule has 1 unspecified atom stereocenters. The number of nitrogens with one attached hydrogen (secondary N) is 2. The standard InChI is InChI=1S/C17H17N3S/c1-11(13-6-4-3-5-7-13)17-20-15-10-14(19-12(2)18)8-9-16(15)21-17/h3-11H,1-2H3,(H2,18,19). The molecule has 1 aromatic heterocycles. The molecule has 0 aliphatic heterocycles. The number of rotatable bonds is 3. The maximum absolute atomic E-state index is 7.50. The minimum absolute atomic E-state index is 0.296. The molecule has 0 aliphatic rings. The van der Waals surface area contributed by atoms with Crippen molar-refractivity contribution >= 4 is 33.1 Å². The number of hydrogen-bond acceptors (Lipinski definition) is 3. The number of thiazole rings is 1. The predicted molar refractivity (Wildman–Crippen MR) is 90.6 cm³/mol. The number of anilines is 1. The Bertz CT molecular complexity index is 777. The molecule has 0 saturated heterocycles. The van der Waals surface area contributed by atoms with E-state index in [1.165, 1.54) is 10.3 Å². The molecule has 106 valence electrons. The maximum atomic E-state index is 7.50. The van der Waals surface area contributed by atoms with E-state index in [0.29, 0.717) is 11.8 Å². The SMILES string of the molecule is CC(=N)Nc1ccc2sc(C(C)c3ccccc3)nc2c1. The first-order valence-electron chi connectivity index (χ1n) is 6.91. The third kappa shape index (κ3) is 2.95. The average molecular weight is 295 g/mol. The summed E-state index contributed by atoms with van der Waals surface area (Å²) in [5, 5.41) is 11.6. The lowest BCUT2D eigenvalue weighted by Gasteiger charge is -2.07. The number of nitrogens with zero attached hydrogens (tertiary/aromatic N) is 1. The summed E-state index contributed by atoms with van der Waals surface area (Å²) in [4.78, 5) is 4.76. The first-order valence-corrected chi connectivity index (χ1v) is 7.73. The van der Waals surface area contributed by atoms with Gasteiger partial charge < -0.3 is 5.32 Å². The Labute approximate surface area is 128 Å². The predicted octanol–water partition coefficient (Wildman–Crippen LogP) is 4.86. The van der Waals surface area contributed by atoms with Crippen LogP contribution in [0.3, 0.4) is 0 Å². The molecule has 2 aromatic carbocycles. The highest BCUT2D eigenvalue weighted by Crippen LogP contribution is 2.32. The topological polar surface area (TPSA) is 48.8 Å². The van der Waals surface area contributed by atoms with Crippen molar-refractivity contribution < 1.29 is 0 Å². The van der Waals surface area contributed by atoms with Gasteiger partial charge in [-0.1, -0.05) is 37.3 Å². The fraction of sp³-hybridized carbons (Fsp3) is 0.176. The Morgan fingerprint density at radius 1 is 1.19 bits per heavy atom. The van der Waals surface area contributed by atoms with E-state index in [1.54, 1.807) is 18.3 Å². The van der Waals surface area contributed by atoms with Crippen LogP contribution in [-0.2, 0) is 0 Å². The van der Waals surface area contributed by atoms with Gasteiger partial charge in [0.05, 0.1) is 16.1 Å². The summed E-state index contributed by atoms with van der Waals surface area (Å²) in [7, 11) is 0. The van der Waals surface area contributed by atoms with Gasteiger partial charge in [0, 0.05) is 11.6 Å². The van der Waals surface area contributed by atoms with E-state index in [-0.39, 0.29) is 0 Å². The zero-order valence-corrected chi connectivity index (χ0v) is 12.9. The number of hydrogen-bond donors (Lipinski definition) is 2. The fourth-order valence-electron chi connectivity index (χ4n) is 2.31. The lowest BCUT2D eigenvalue weighted by molar-refractivity contribution is 0.910. The summed E-state index contributed by atoms with van der Waals surface area (Å²) >= 11 is 1.74. The maximum Gasteiger partial charge on any atom is 0.101 e. The van der Waals surface area contributed by atoms with E-state index in [4.69, 9.17) is 10.4 Å². The molecule has 0 spiro atoms. The largest absolute Gasteiger partial charge is 0.344 e.